The third-order valence-corrected chi connectivity index (χ3v) is 2.66. The van der Waals surface area contributed by atoms with Crippen molar-refractivity contribution in [3.63, 3.8) is 0 Å². The van der Waals surface area contributed by atoms with Gasteiger partial charge in [-0.05, 0) is 12.1 Å². The molecule has 0 saturated heterocycles. The number of methoxy groups -OCH3 is 1. The molecule has 112 valence electrons. The van der Waals surface area contributed by atoms with E-state index in [0.717, 1.165) is 0 Å². The molecule has 0 spiro atoms. The van der Waals surface area contributed by atoms with Gasteiger partial charge in [0, 0.05) is 6.54 Å². The summed E-state index contributed by atoms with van der Waals surface area (Å²) in [5, 5.41) is 19.8. The van der Waals surface area contributed by atoms with Gasteiger partial charge >= 0.3 is 5.97 Å². The first-order valence-electron chi connectivity index (χ1n) is 5.86. The van der Waals surface area contributed by atoms with Crippen molar-refractivity contribution in [1.82, 2.24) is 5.32 Å². The second-order valence-corrected chi connectivity index (χ2v) is 4.25. The molecule has 7 nitrogen and oxygen atoms in total. The van der Waals surface area contributed by atoms with Gasteiger partial charge in [-0.1, -0.05) is 11.6 Å². The number of nitriles is 1. The van der Waals surface area contributed by atoms with E-state index in [1.165, 1.54) is 19.2 Å². The lowest BCUT2D eigenvalue weighted by Gasteiger charge is -2.13. The number of carbonyl (C=O) groups excluding carboxylic acids is 1. The number of hydrogen-bond donors (Lipinski definition) is 2. The minimum atomic E-state index is -1.16. The van der Waals surface area contributed by atoms with E-state index < -0.39 is 11.9 Å². The fourth-order valence-electron chi connectivity index (χ4n) is 1.43. The highest BCUT2D eigenvalue weighted by Gasteiger charge is 2.16. The van der Waals surface area contributed by atoms with E-state index in [4.69, 9.17) is 31.4 Å². The van der Waals surface area contributed by atoms with Crippen LogP contribution in [-0.4, -0.2) is 37.2 Å². The minimum Gasteiger partial charge on any atom is -0.493 e. The summed E-state index contributed by atoms with van der Waals surface area (Å²) >= 11 is 5.92. The van der Waals surface area contributed by atoms with Crippen molar-refractivity contribution in [3.8, 4) is 17.6 Å². The molecule has 0 radical (unpaired) electrons. The number of halogens is 1. The van der Waals surface area contributed by atoms with Crippen molar-refractivity contribution in [1.29, 1.82) is 5.26 Å². The maximum atomic E-state index is 11.5. The van der Waals surface area contributed by atoms with Crippen LogP contribution >= 0.6 is 11.6 Å². The van der Waals surface area contributed by atoms with E-state index in [1.807, 2.05) is 6.07 Å². The fraction of sp³-hybridized carbons (Fsp3) is 0.308. The van der Waals surface area contributed by atoms with Gasteiger partial charge in [-0.3, -0.25) is 4.79 Å². The van der Waals surface area contributed by atoms with Crippen molar-refractivity contribution < 1.29 is 24.2 Å². The van der Waals surface area contributed by atoms with E-state index in [0.29, 0.717) is 0 Å². The Hall–Kier alpha value is -2.46. The van der Waals surface area contributed by atoms with Gasteiger partial charge < -0.3 is 19.9 Å². The topological polar surface area (TPSA) is 109 Å². The van der Waals surface area contributed by atoms with Crippen molar-refractivity contribution in [3.05, 3.63) is 22.7 Å². The normalized spacial score (nSPS) is 9.57. The van der Waals surface area contributed by atoms with Crippen molar-refractivity contribution in [2.45, 2.75) is 6.42 Å². The Morgan fingerprint density at radius 1 is 1.48 bits per heavy atom. The highest BCUT2D eigenvalue weighted by atomic mass is 35.5. The molecule has 2 N–H and O–H groups in total. The number of aromatic carboxylic acids is 1. The lowest BCUT2D eigenvalue weighted by Crippen LogP contribution is -2.29. The fourth-order valence-corrected chi connectivity index (χ4v) is 1.70. The molecular formula is C13H13ClN2O5. The Balaban J connectivity index is 2.77. The van der Waals surface area contributed by atoms with Crippen LogP contribution in [0, 0.1) is 11.3 Å². The molecule has 0 aliphatic rings. The first-order chi connectivity index (χ1) is 9.99. The van der Waals surface area contributed by atoms with Gasteiger partial charge in [0.2, 0.25) is 0 Å². The smallest absolute Gasteiger partial charge is 0.335 e. The summed E-state index contributed by atoms with van der Waals surface area (Å²) in [6, 6.07) is 4.34. The van der Waals surface area contributed by atoms with Crippen LogP contribution in [0.4, 0.5) is 0 Å². The van der Waals surface area contributed by atoms with Crippen LogP contribution in [0.25, 0.3) is 0 Å². The molecule has 1 rings (SSSR count). The number of hydrogen-bond acceptors (Lipinski definition) is 5. The molecular weight excluding hydrogens is 300 g/mol. The standard InChI is InChI=1S/C13H13ClN2O5/c1-20-10-6-8(13(18)19)5-9(14)12(10)21-7-11(17)16-4-2-3-15/h5-6H,2,4,7H2,1H3,(H,16,17)(H,18,19). The summed E-state index contributed by atoms with van der Waals surface area (Å²) in [5.41, 5.74) is -0.0531. The average Bonchev–Trinajstić information content (AvgIpc) is 2.45. The van der Waals surface area contributed by atoms with E-state index in [1.54, 1.807) is 0 Å². The Kier molecular flexibility index (Phi) is 6.30. The second kappa shape index (κ2) is 7.97. The zero-order chi connectivity index (χ0) is 15.8. The van der Waals surface area contributed by atoms with Gasteiger partial charge in [-0.2, -0.15) is 5.26 Å². The van der Waals surface area contributed by atoms with Gasteiger partial charge in [-0.25, -0.2) is 4.79 Å². The van der Waals surface area contributed by atoms with Gasteiger partial charge in [0.15, 0.2) is 18.1 Å². The molecule has 0 bridgehead atoms. The van der Waals surface area contributed by atoms with Crippen LogP contribution in [0.5, 0.6) is 11.5 Å². The van der Waals surface area contributed by atoms with E-state index in [2.05, 4.69) is 5.32 Å². The lowest BCUT2D eigenvalue weighted by molar-refractivity contribution is -0.123. The summed E-state index contributed by atoms with van der Waals surface area (Å²) in [6.07, 6.45) is 0.198. The number of benzene rings is 1. The van der Waals surface area contributed by atoms with Crippen LogP contribution in [0.2, 0.25) is 5.02 Å². The maximum absolute atomic E-state index is 11.5. The van der Waals surface area contributed by atoms with E-state index in [9.17, 15) is 9.59 Å². The molecule has 0 saturated carbocycles. The number of carboxylic acids is 1. The van der Waals surface area contributed by atoms with Crippen LogP contribution in [-0.2, 0) is 4.79 Å². The molecule has 0 fully saturated rings. The third kappa shape index (κ3) is 4.85. The number of nitrogens with zero attached hydrogens (tertiary/aromatic N) is 1. The Morgan fingerprint density at radius 3 is 2.76 bits per heavy atom. The zero-order valence-electron chi connectivity index (χ0n) is 11.2. The van der Waals surface area contributed by atoms with Crippen molar-refractivity contribution in [2.75, 3.05) is 20.3 Å². The minimum absolute atomic E-state index is 0.0246. The number of ether oxygens (including phenoxy) is 2. The predicted molar refractivity (Wildman–Crippen MR) is 73.7 cm³/mol. The summed E-state index contributed by atoms with van der Waals surface area (Å²) in [7, 11) is 1.33. The molecule has 0 heterocycles. The number of carbonyl (C=O) groups is 2. The maximum Gasteiger partial charge on any atom is 0.335 e. The Bertz CT molecular complexity index is 583. The summed E-state index contributed by atoms with van der Waals surface area (Å²) in [6.45, 7) is -0.102. The Morgan fingerprint density at radius 2 is 2.19 bits per heavy atom. The van der Waals surface area contributed by atoms with Crippen LogP contribution in [0.15, 0.2) is 12.1 Å². The quantitative estimate of drug-likeness (QED) is 0.738. The molecule has 1 aromatic carbocycles. The molecule has 1 aromatic rings. The molecule has 21 heavy (non-hydrogen) atoms. The predicted octanol–water partition coefficient (Wildman–Crippen LogP) is 1.46. The number of carboxylic acid groups (broad SMARTS) is 1. The molecule has 0 aliphatic carbocycles. The van der Waals surface area contributed by atoms with E-state index in [-0.39, 0.29) is 41.7 Å². The lowest BCUT2D eigenvalue weighted by atomic mass is 10.2. The number of amides is 1. The monoisotopic (exact) mass is 312 g/mol. The van der Waals surface area contributed by atoms with Crippen molar-refractivity contribution >= 4 is 23.5 Å². The largest absolute Gasteiger partial charge is 0.493 e. The first-order valence-corrected chi connectivity index (χ1v) is 6.24. The molecule has 8 heteroatoms. The van der Waals surface area contributed by atoms with Gasteiger partial charge in [0.1, 0.15) is 0 Å². The zero-order valence-corrected chi connectivity index (χ0v) is 11.9. The molecule has 0 atom stereocenters. The second-order valence-electron chi connectivity index (χ2n) is 3.84. The van der Waals surface area contributed by atoms with Gasteiger partial charge in [0.05, 0.1) is 30.2 Å². The molecule has 0 unspecified atom stereocenters. The Labute approximate surface area is 126 Å². The molecule has 0 aromatic heterocycles. The van der Waals surface area contributed by atoms with Crippen LogP contribution in [0.1, 0.15) is 16.8 Å². The number of rotatable bonds is 7. The highest BCUT2D eigenvalue weighted by Crippen LogP contribution is 2.36. The van der Waals surface area contributed by atoms with Crippen LogP contribution < -0.4 is 14.8 Å². The summed E-state index contributed by atoms with van der Waals surface area (Å²) in [5.74, 6) is -1.38. The SMILES string of the molecule is COc1cc(C(=O)O)cc(Cl)c1OCC(=O)NCCC#N. The highest BCUT2D eigenvalue weighted by molar-refractivity contribution is 6.32. The third-order valence-electron chi connectivity index (χ3n) is 2.38. The average molecular weight is 313 g/mol. The van der Waals surface area contributed by atoms with Gasteiger partial charge in [0.25, 0.3) is 5.91 Å². The summed E-state index contributed by atoms with van der Waals surface area (Å²) < 4.78 is 10.2. The molecule has 0 aliphatic heterocycles. The van der Waals surface area contributed by atoms with Crippen molar-refractivity contribution in [2.24, 2.45) is 0 Å². The van der Waals surface area contributed by atoms with Crippen LogP contribution in [0.3, 0.4) is 0 Å². The number of nitrogens with one attached hydrogen (secondary N) is 1. The first kappa shape index (κ1) is 16.6. The summed E-state index contributed by atoms with van der Waals surface area (Å²) in [4.78, 5) is 22.4. The molecule has 1 amide bonds. The van der Waals surface area contributed by atoms with E-state index >= 15 is 0 Å². The van der Waals surface area contributed by atoms with Gasteiger partial charge in [-0.15, -0.1) is 0 Å².